The zero-order valence-corrected chi connectivity index (χ0v) is 16.7. The first-order chi connectivity index (χ1) is 11.4. The van der Waals surface area contributed by atoms with Crippen LogP contribution in [0.2, 0.25) is 0 Å². The summed E-state index contributed by atoms with van der Waals surface area (Å²) in [5.74, 6) is 2.13. The lowest BCUT2D eigenvalue weighted by atomic mass is 9.82. The van der Waals surface area contributed by atoms with Gasteiger partial charge in [0.15, 0.2) is 0 Å². The van der Waals surface area contributed by atoms with Crippen LogP contribution in [0.3, 0.4) is 0 Å². The van der Waals surface area contributed by atoms with E-state index in [1.165, 1.54) is 5.57 Å². The van der Waals surface area contributed by atoms with Crippen molar-refractivity contribution >= 4 is 13.2 Å². The number of piperidine rings is 1. The van der Waals surface area contributed by atoms with E-state index in [1.54, 1.807) is 0 Å². The van der Waals surface area contributed by atoms with Crippen molar-refractivity contribution in [3.8, 4) is 0 Å². The van der Waals surface area contributed by atoms with E-state index in [0.29, 0.717) is 0 Å². The lowest BCUT2D eigenvalue weighted by Gasteiger charge is -2.37. The molecule has 3 saturated heterocycles. The van der Waals surface area contributed by atoms with Crippen molar-refractivity contribution in [3.63, 3.8) is 0 Å². The number of carbonyl (C=O) groups excluding carboxylic acids is 1. The Morgan fingerprint density at radius 2 is 1.60 bits per heavy atom. The van der Waals surface area contributed by atoms with Gasteiger partial charge in [-0.05, 0) is 74.1 Å². The molecule has 25 heavy (non-hydrogen) atoms. The zero-order valence-electron chi connectivity index (χ0n) is 16.7. The third-order valence-electron chi connectivity index (χ3n) is 5.86. The SMILES string of the molecule is CC(C)(C)OC(=O)N1C2CCC1CC(=CB1OC(C)(C)C(C)(C)O1)C2. The summed E-state index contributed by atoms with van der Waals surface area (Å²) in [5.41, 5.74) is 0.261. The van der Waals surface area contributed by atoms with E-state index in [0.717, 1.165) is 25.7 Å². The van der Waals surface area contributed by atoms with Gasteiger partial charge in [-0.3, -0.25) is 0 Å². The molecule has 6 heteroatoms. The normalized spacial score (nSPS) is 30.6. The molecule has 0 aromatic rings. The largest absolute Gasteiger partial charge is 0.487 e. The molecule has 0 radical (unpaired) electrons. The molecule has 2 unspecified atom stereocenters. The summed E-state index contributed by atoms with van der Waals surface area (Å²) in [6.07, 6.45) is 3.70. The van der Waals surface area contributed by atoms with E-state index in [9.17, 15) is 4.79 Å². The van der Waals surface area contributed by atoms with Crippen LogP contribution < -0.4 is 0 Å². The summed E-state index contributed by atoms with van der Waals surface area (Å²) in [6.45, 7) is 14.0. The Morgan fingerprint density at radius 3 is 2.04 bits per heavy atom. The zero-order chi connectivity index (χ0) is 18.6. The first-order valence-electron chi connectivity index (χ1n) is 9.44. The quantitative estimate of drug-likeness (QED) is 0.669. The molecule has 0 saturated carbocycles. The predicted octanol–water partition coefficient (Wildman–Crippen LogP) is 4.11. The molecule has 3 heterocycles. The molecule has 3 aliphatic heterocycles. The van der Waals surface area contributed by atoms with Crippen molar-refractivity contribution < 1.29 is 18.8 Å². The monoisotopic (exact) mass is 349 g/mol. The number of ether oxygens (including phenoxy) is 1. The minimum absolute atomic E-state index is 0.172. The van der Waals surface area contributed by atoms with E-state index in [1.807, 2.05) is 25.7 Å². The topological polar surface area (TPSA) is 48.0 Å². The molecular formula is C19H32BNO4. The van der Waals surface area contributed by atoms with Gasteiger partial charge in [0, 0.05) is 12.1 Å². The third-order valence-corrected chi connectivity index (χ3v) is 5.86. The fourth-order valence-corrected chi connectivity index (χ4v) is 3.95. The molecule has 140 valence electrons. The van der Waals surface area contributed by atoms with Gasteiger partial charge in [0.2, 0.25) is 0 Å². The van der Waals surface area contributed by atoms with Crippen LogP contribution in [0.5, 0.6) is 0 Å². The van der Waals surface area contributed by atoms with Crippen LogP contribution in [-0.4, -0.2) is 47.0 Å². The molecule has 2 bridgehead atoms. The Hall–Kier alpha value is -1.01. The Labute approximate surface area is 152 Å². The lowest BCUT2D eigenvalue weighted by molar-refractivity contribution is 0.00578. The summed E-state index contributed by atoms with van der Waals surface area (Å²) in [6, 6.07) is 0.476. The van der Waals surface area contributed by atoms with E-state index in [4.69, 9.17) is 14.0 Å². The molecule has 3 rings (SSSR count). The van der Waals surface area contributed by atoms with Crippen LogP contribution in [0.15, 0.2) is 11.5 Å². The molecule has 0 aromatic heterocycles. The maximum absolute atomic E-state index is 12.5. The second-order valence-corrected chi connectivity index (χ2v) is 9.63. The molecule has 0 spiro atoms. The number of hydrogen-bond donors (Lipinski definition) is 0. The predicted molar refractivity (Wildman–Crippen MR) is 98.3 cm³/mol. The highest BCUT2D eigenvalue weighted by Gasteiger charge is 2.51. The molecule has 2 atom stereocenters. The van der Waals surface area contributed by atoms with Crippen LogP contribution in [0.1, 0.15) is 74.1 Å². The molecule has 3 aliphatic rings. The van der Waals surface area contributed by atoms with Crippen molar-refractivity contribution in [1.29, 1.82) is 0 Å². The highest BCUT2D eigenvalue weighted by atomic mass is 16.7. The van der Waals surface area contributed by atoms with Crippen LogP contribution >= 0.6 is 0 Å². The second kappa shape index (κ2) is 6.02. The Morgan fingerprint density at radius 1 is 1.12 bits per heavy atom. The van der Waals surface area contributed by atoms with Gasteiger partial charge in [-0.2, -0.15) is 0 Å². The third kappa shape index (κ3) is 3.75. The average molecular weight is 349 g/mol. The number of hydrogen-bond acceptors (Lipinski definition) is 4. The maximum atomic E-state index is 12.5. The molecular weight excluding hydrogens is 317 g/mol. The molecule has 5 nitrogen and oxygen atoms in total. The first-order valence-corrected chi connectivity index (χ1v) is 9.44. The van der Waals surface area contributed by atoms with Gasteiger partial charge in [-0.1, -0.05) is 11.5 Å². The van der Waals surface area contributed by atoms with Crippen molar-refractivity contribution in [3.05, 3.63) is 11.5 Å². The summed E-state index contributed by atoms with van der Waals surface area (Å²) in [7, 11) is -0.299. The fourth-order valence-electron chi connectivity index (χ4n) is 3.95. The Kier molecular flexibility index (Phi) is 4.52. The Balaban J connectivity index is 1.67. The summed E-state index contributed by atoms with van der Waals surface area (Å²) in [5, 5.41) is 0. The van der Waals surface area contributed by atoms with Gasteiger partial charge < -0.3 is 18.9 Å². The van der Waals surface area contributed by atoms with Crippen LogP contribution in [0, 0.1) is 0 Å². The van der Waals surface area contributed by atoms with E-state index < -0.39 is 5.60 Å². The van der Waals surface area contributed by atoms with Gasteiger partial charge in [0.05, 0.1) is 11.2 Å². The molecule has 0 N–H and O–H groups in total. The second-order valence-electron chi connectivity index (χ2n) is 9.63. The van der Waals surface area contributed by atoms with E-state index in [-0.39, 0.29) is 36.5 Å². The number of amides is 1. The smallest absolute Gasteiger partial charge is 0.444 e. The standard InChI is InChI=1S/C19H32BNO4/c1-17(2,3)23-16(22)21-14-8-9-15(21)11-13(10-14)12-20-24-18(4,5)19(6,7)25-20/h12,14-15H,8-11H2,1-7H3. The first kappa shape index (κ1) is 18.8. The number of fused-ring (bicyclic) bond motifs is 2. The van der Waals surface area contributed by atoms with Crippen molar-refractivity contribution in [1.82, 2.24) is 4.90 Å². The van der Waals surface area contributed by atoms with Crippen molar-refractivity contribution in [2.75, 3.05) is 0 Å². The number of carbonyl (C=O) groups is 1. The van der Waals surface area contributed by atoms with Gasteiger partial charge >= 0.3 is 13.2 Å². The minimum Gasteiger partial charge on any atom is -0.444 e. The van der Waals surface area contributed by atoms with Crippen LogP contribution in [-0.2, 0) is 14.0 Å². The molecule has 1 amide bonds. The fraction of sp³-hybridized carbons (Fsp3) is 0.842. The minimum atomic E-state index is -0.449. The molecule has 0 aliphatic carbocycles. The summed E-state index contributed by atoms with van der Waals surface area (Å²) >= 11 is 0. The van der Waals surface area contributed by atoms with Gasteiger partial charge in [0.1, 0.15) is 5.60 Å². The molecule has 0 aromatic carbocycles. The maximum Gasteiger partial charge on any atom is 0.487 e. The Bertz CT molecular complexity index is 546. The van der Waals surface area contributed by atoms with Crippen LogP contribution in [0.4, 0.5) is 4.79 Å². The number of nitrogens with zero attached hydrogens (tertiary/aromatic N) is 1. The highest BCUT2D eigenvalue weighted by Crippen LogP contribution is 2.41. The highest BCUT2D eigenvalue weighted by molar-refractivity contribution is 6.51. The lowest BCUT2D eigenvalue weighted by Crippen LogP contribution is -2.47. The summed E-state index contributed by atoms with van der Waals surface area (Å²) < 4.78 is 17.8. The van der Waals surface area contributed by atoms with Gasteiger partial charge in [-0.25, -0.2) is 4.79 Å². The van der Waals surface area contributed by atoms with Crippen molar-refractivity contribution in [2.24, 2.45) is 0 Å². The van der Waals surface area contributed by atoms with Crippen LogP contribution in [0.25, 0.3) is 0 Å². The average Bonchev–Trinajstić information content (AvgIpc) is 2.78. The van der Waals surface area contributed by atoms with Gasteiger partial charge in [-0.15, -0.1) is 0 Å². The summed E-state index contributed by atoms with van der Waals surface area (Å²) in [4.78, 5) is 14.5. The molecule has 3 fully saturated rings. The van der Waals surface area contributed by atoms with E-state index >= 15 is 0 Å². The van der Waals surface area contributed by atoms with Gasteiger partial charge in [0.25, 0.3) is 0 Å². The van der Waals surface area contributed by atoms with E-state index in [2.05, 4.69) is 33.7 Å². The van der Waals surface area contributed by atoms with Crippen molar-refractivity contribution in [2.45, 2.75) is 103 Å². The number of rotatable bonds is 1.